The van der Waals surface area contributed by atoms with Gasteiger partial charge < -0.3 is 9.80 Å². The Labute approximate surface area is 139 Å². The van der Waals surface area contributed by atoms with Crippen LogP contribution in [0.5, 0.6) is 0 Å². The summed E-state index contributed by atoms with van der Waals surface area (Å²) in [5.74, 6) is 2.11. The van der Waals surface area contributed by atoms with Crippen LogP contribution in [0.25, 0.3) is 0 Å². The second-order valence-corrected chi connectivity index (χ2v) is 6.89. The van der Waals surface area contributed by atoms with Crippen molar-refractivity contribution in [2.75, 3.05) is 44.2 Å². The number of likely N-dealkylation sites (tertiary alicyclic amines) is 1. The molecule has 0 N–H and O–H groups in total. The molecule has 2 saturated heterocycles. The van der Waals surface area contributed by atoms with Crippen LogP contribution in [0.4, 0.5) is 5.82 Å². The van der Waals surface area contributed by atoms with Crippen molar-refractivity contribution in [1.29, 1.82) is 0 Å². The van der Waals surface area contributed by atoms with Crippen LogP contribution in [0.15, 0.2) is 24.4 Å². The minimum absolute atomic E-state index is 0.00529. The van der Waals surface area contributed by atoms with Crippen LogP contribution in [0.3, 0.4) is 0 Å². The van der Waals surface area contributed by atoms with Crippen molar-refractivity contribution in [3.8, 4) is 0 Å². The predicted octanol–water partition coefficient (Wildman–Crippen LogP) is 1.85. The van der Waals surface area contributed by atoms with Crippen molar-refractivity contribution in [3.05, 3.63) is 24.4 Å². The number of nitrogens with zero attached hydrogens (tertiary/aromatic N) is 4. The highest BCUT2D eigenvalue weighted by Gasteiger charge is 2.30. The molecule has 1 amide bonds. The summed E-state index contributed by atoms with van der Waals surface area (Å²) in [5, 5.41) is 0. The smallest absolute Gasteiger partial charge is 0.239 e. The van der Waals surface area contributed by atoms with Crippen LogP contribution in [0.2, 0.25) is 0 Å². The van der Waals surface area contributed by atoms with E-state index in [2.05, 4.69) is 39.6 Å². The standard InChI is InChI=1S/C18H28N4O/c1-15-6-9-22(10-7-15)18(23)16(2)20-11-13-21(14-12-20)17-5-3-4-8-19-17/h3-5,8,15-16H,6-7,9-14H2,1-2H3. The van der Waals surface area contributed by atoms with Crippen LogP contribution < -0.4 is 4.90 Å². The first-order valence-electron chi connectivity index (χ1n) is 8.84. The third kappa shape index (κ3) is 3.83. The average Bonchev–Trinajstić information content (AvgIpc) is 2.62. The minimum atomic E-state index is -0.00529. The van der Waals surface area contributed by atoms with E-state index in [1.165, 1.54) is 0 Å². The molecule has 1 atom stereocenters. The molecule has 5 heteroatoms. The molecule has 126 valence electrons. The molecule has 3 rings (SSSR count). The number of aromatic nitrogens is 1. The lowest BCUT2D eigenvalue weighted by atomic mass is 9.98. The maximum absolute atomic E-state index is 12.7. The lowest BCUT2D eigenvalue weighted by molar-refractivity contribution is -0.137. The maximum Gasteiger partial charge on any atom is 0.239 e. The molecule has 0 saturated carbocycles. The molecular formula is C18H28N4O. The second kappa shape index (κ2) is 7.30. The topological polar surface area (TPSA) is 39.7 Å². The number of piperidine rings is 1. The SMILES string of the molecule is CC1CCN(C(=O)C(C)N2CCN(c3ccccn3)CC2)CC1. The number of hydrogen-bond donors (Lipinski definition) is 0. The summed E-state index contributed by atoms with van der Waals surface area (Å²) in [6, 6.07) is 6.02. The van der Waals surface area contributed by atoms with Gasteiger partial charge in [0.25, 0.3) is 0 Å². The Balaban J connectivity index is 1.52. The first-order chi connectivity index (χ1) is 11.1. The van der Waals surface area contributed by atoms with E-state index in [0.29, 0.717) is 5.91 Å². The van der Waals surface area contributed by atoms with Gasteiger partial charge in [-0.05, 0) is 37.8 Å². The van der Waals surface area contributed by atoms with Crippen molar-refractivity contribution in [1.82, 2.24) is 14.8 Å². The van der Waals surface area contributed by atoms with Gasteiger partial charge in [0, 0.05) is 45.5 Å². The fraction of sp³-hybridized carbons (Fsp3) is 0.667. The lowest BCUT2D eigenvalue weighted by Gasteiger charge is -2.40. The van der Waals surface area contributed by atoms with Gasteiger partial charge in [-0.25, -0.2) is 4.98 Å². The number of amides is 1. The normalized spacial score (nSPS) is 22.2. The van der Waals surface area contributed by atoms with Gasteiger partial charge in [0.05, 0.1) is 6.04 Å². The van der Waals surface area contributed by atoms with Crippen LogP contribution in [0.1, 0.15) is 26.7 Å². The van der Waals surface area contributed by atoms with Crippen LogP contribution in [0, 0.1) is 5.92 Å². The van der Waals surface area contributed by atoms with E-state index in [4.69, 9.17) is 0 Å². The highest BCUT2D eigenvalue weighted by molar-refractivity contribution is 5.81. The molecule has 2 aliphatic rings. The molecule has 0 spiro atoms. The lowest BCUT2D eigenvalue weighted by Crippen LogP contribution is -2.55. The maximum atomic E-state index is 12.7. The zero-order valence-electron chi connectivity index (χ0n) is 14.3. The first-order valence-corrected chi connectivity index (χ1v) is 8.84. The van der Waals surface area contributed by atoms with Gasteiger partial charge >= 0.3 is 0 Å². The van der Waals surface area contributed by atoms with Crippen molar-refractivity contribution >= 4 is 11.7 Å². The molecule has 23 heavy (non-hydrogen) atoms. The largest absolute Gasteiger partial charge is 0.354 e. The Morgan fingerprint density at radius 1 is 1.13 bits per heavy atom. The Hall–Kier alpha value is -1.62. The molecule has 1 aromatic rings. The Kier molecular flexibility index (Phi) is 5.16. The number of piperazine rings is 1. The van der Waals surface area contributed by atoms with Crippen LogP contribution >= 0.6 is 0 Å². The molecule has 5 nitrogen and oxygen atoms in total. The first kappa shape index (κ1) is 16.2. The van der Waals surface area contributed by atoms with E-state index in [0.717, 1.165) is 63.8 Å². The molecule has 3 heterocycles. The number of carbonyl (C=O) groups excluding carboxylic acids is 1. The second-order valence-electron chi connectivity index (χ2n) is 6.89. The summed E-state index contributed by atoms with van der Waals surface area (Å²) in [5.41, 5.74) is 0. The number of pyridine rings is 1. The van der Waals surface area contributed by atoms with E-state index < -0.39 is 0 Å². The molecule has 1 aromatic heterocycles. The molecule has 0 aromatic carbocycles. The predicted molar refractivity (Wildman–Crippen MR) is 92.5 cm³/mol. The molecule has 2 fully saturated rings. The highest BCUT2D eigenvalue weighted by atomic mass is 16.2. The van der Waals surface area contributed by atoms with Crippen LogP contribution in [-0.4, -0.2) is 66.0 Å². The fourth-order valence-electron chi connectivity index (χ4n) is 3.53. The van der Waals surface area contributed by atoms with Gasteiger partial charge in [0.1, 0.15) is 5.82 Å². The number of rotatable bonds is 3. The zero-order valence-corrected chi connectivity index (χ0v) is 14.3. The van der Waals surface area contributed by atoms with Crippen molar-refractivity contribution in [2.45, 2.75) is 32.7 Å². The third-order valence-electron chi connectivity index (χ3n) is 5.29. The quantitative estimate of drug-likeness (QED) is 0.853. The summed E-state index contributed by atoms with van der Waals surface area (Å²) in [4.78, 5) is 23.8. The molecule has 2 aliphatic heterocycles. The highest BCUT2D eigenvalue weighted by Crippen LogP contribution is 2.19. The summed E-state index contributed by atoms with van der Waals surface area (Å²) in [6.07, 6.45) is 4.13. The van der Waals surface area contributed by atoms with Gasteiger partial charge in [-0.3, -0.25) is 9.69 Å². The van der Waals surface area contributed by atoms with Gasteiger partial charge in [-0.2, -0.15) is 0 Å². The molecular weight excluding hydrogens is 288 g/mol. The molecule has 0 radical (unpaired) electrons. The number of anilines is 1. The number of hydrogen-bond acceptors (Lipinski definition) is 4. The van der Waals surface area contributed by atoms with Crippen LogP contribution in [-0.2, 0) is 4.79 Å². The Morgan fingerprint density at radius 3 is 2.43 bits per heavy atom. The van der Waals surface area contributed by atoms with Crippen molar-refractivity contribution in [3.63, 3.8) is 0 Å². The summed E-state index contributed by atoms with van der Waals surface area (Å²) in [6.45, 7) is 9.92. The van der Waals surface area contributed by atoms with E-state index in [1.807, 2.05) is 18.3 Å². The molecule has 0 bridgehead atoms. The summed E-state index contributed by atoms with van der Waals surface area (Å²) in [7, 11) is 0. The van der Waals surface area contributed by atoms with Crippen molar-refractivity contribution in [2.24, 2.45) is 5.92 Å². The van der Waals surface area contributed by atoms with E-state index >= 15 is 0 Å². The van der Waals surface area contributed by atoms with E-state index in [-0.39, 0.29) is 6.04 Å². The van der Waals surface area contributed by atoms with Crippen molar-refractivity contribution < 1.29 is 4.79 Å². The molecule has 1 unspecified atom stereocenters. The van der Waals surface area contributed by atoms with Gasteiger partial charge in [-0.15, -0.1) is 0 Å². The monoisotopic (exact) mass is 316 g/mol. The average molecular weight is 316 g/mol. The van der Waals surface area contributed by atoms with Gasteiger partial charge in [0.15, 0.2) is 0 Å². The molecule has 0 aliphatic carbocycles. The van der Waals surface area contributed by atoms with Gasteiger partial charge in [0.2, 0.25) is 5.91 Å². The summed E-state index contributed by atoms with van der Waals surface area (Å²) >= 11 is 0. The van der Waals surface area contributed by atoms with E-state index in [1.54, 1.807) is 0 Å². The zero-order chi connectivity index (χ0) is 16.2. The minimum Gasteiger partial charge on any atom is -0.354 e. The van der Waals surface area contributed by atoms with Gasteiger partial charge in [-0.1, -0.05) is 13.0 Å². The third-order valence-corrected chi connectivity index (χ3v) is 5.29. The Morgan fingerprint density at radius 2 is 1.83 bits per heavy atom. The Bertz CT molecular complexity index is 505. The summed E-state index contributed by atoms with van der Waals surface area (Å²) < 4.78 is 0. The van der Waals surface area contributed by atoms with E-state index in [9.17, 15) is 4.79 Å². The fourth-order valence-corrected chi connectivity index (χ4v) is 3.53. The number of carbonyl (C=O) groups is 1.